The van der Waals surface area contributed by atoms with Gasteiger partial charge in [-0.05, 0) is 54.9 Å². The van der Waals surface area contributed by atoms with Gasteiger partial charge in [0.05, 0.1) is 5.56 Å². The number of aromatic amines is 1. The van der Waals surface area contributed by atoms with Crippen molar-refractivity contribution >= 4 is 40.1 Å². The number of pyridine rings is 1. The summed E-state index contributed by atoms with van der Waals surface area (Å²) in [5.74, 6) is -0.592. The summed E-state index contributed by atoms with van der Waals surface area (Å²) in [6, 6.07) is 11.3. The maximum Gasteiger partial charge on any atom is 0.416 e. The molecule has 0 unspecified atom stereocenters. The maximum atomic E-state index is 14.1. The zero-order chi connectivity index (χ0) is 31.4. The number of carbonyl (C=O) groups is 1. The Labute approximate surface area is 260 Å². The van der Waals surface area contributed by atoms with E-state index in [0.29, 0.717) is 30.6 Å². The SMILES string of the molecule is CCN1CCN(Cc2ccc(C(=O)Nc3ccc(C)c(NCc4cnc5[nH]ccc5c4SC(C)C)c3)cc2C(F)(F)F)CC1. The third-order valence-corrected chi connectivity index (χ3v) is 9.10. The summed E-state index contributed by atoms with van der Waals surface area (Å²) in [5.41, 5.74) is 3.55. The van der Waals surface area contributed by atoms with Crippen LogP contribution in [-0.2, 0) is 19.3 Å². The van der Waals surface area contributed by atoms with Crippen LogP contribution in [0.15, 0.2) is 59.8 Å². The van der Waals surface area contributed by atoms with Crippen LogP contribution in [0.3, 0.4) is 0 Å². The number of thioether (sulfide) groups is 1. The van der Waals surface area contributed by atoms with Crippen molar-refractivity contribution in [1.82, 2.24) is 19.8 Å². The third-order valence-electron chi connectivity index (χ3n) is 7.91. The van der Waals surface area contributed by atoms with Crippen molar-refractivity contribution in [3.63, 3.8) is 0 Å². The van der Waals surface area contributed by atoms with Gasteiger partial charge in [0.15, 0.2) is 0 Å². The molecule has 44 heavy (non-hydrogen) atoms. The lowest BCUT2D eigenvalue weighted by molar-refractivity contribution is -0.138. The van der Waals surface area contributed by atoms with Gasteiger partial charge in [-0.15, -0.1) is 11.8 Å². The Balaban J connectivity index is 1.30. The fourth-order valence-electron chi connectivity index (χ4n) is 5.43. The van der Waals surface area contributed by atoms with E-state index in [-0.39, 0.29) is 17.7 Å². The highest BCUT2D eigenvalue weighted by Crippen LogP contribution is 2.35. The molecule has 2 aromatic heterocycles. The Morgan fingerprint density at radius 2 is 1.80 bits per heavy atom. The zero-order valence-electron chi connectivity index (χ0n) is 25.5. The summed E-state index contributed by atoms with van der Waals surface area (Å²) in [5, 5.41) is 7.71. The van der Waals surface area contributed by atoms with E-state index < -0.39 is 17.6 Å². The first-order valence-corrected chi connectivity index (χ1v) is 15.8. The molecule has 4 aromatic rings. The van der Waals surface area contributed by atoms with Crippen LogP contribution < -0.4 is 10.6 Å². The van der Waals surface area contributed by atoms with E-state index in [1.807, 2.05) is 36.4 Å². The molecule has 1 saturated heterocycles. The number of nitrogens with one attached hydrogen (secondary N) is 3. The van der Waals surface area contributed by atoms with Crippen LogP contribution >= 0.6 is 11.8 Å². The molecule has 1 amide bonds. The fraction of sp³-hybridized carbons (Fsp3) is 0.394. The van der Waals surface area contributed by atoms with Gasteiger partial charge in [-0.1, -0.05) is 32.9 Å². The highest BCUT2D eigenvalue weighted by molar-refractivity contribution is 8.00. The van der Waals surface area contributed by atoms with Gasteiger partial charge < -0.3 is 20.5 Å². The van der Waals surface area contributed by atoms with Crippen LogP contribution in [-0.4, -0.2) is 63.6 Å². The number of alkyl halides is 3. The number of rotatable bonds is 10. The first kappa shape index (κ1) is 31.9. The molecule has 0 spiro atoms. The number of amides is 1. The number of hydrogen-bond acceptors (Lipinski definition) is 6. The largest absolute Gasteiger partial charge is 0.416 e. The average Bonchev–Trinajstić information content (AvgIpc) is 3.47. The number of hydrogen-bond donors (Lipinski definition) is 3. The van der Waals surface area contributed by atoms with Crippen LogP contribution in [0, 0.1) is 6.92 Å². The number of piperazine rings is 1. The quantitative estimate of drug-likeness (QED) is 0.160. The Bertz CT molecular complexity index is 1610. The predicted octanol–water partition coefficient (Wildman–Crippen LogP) is 7.39. The van der Waals surface area contributed by atoms with Gasteiger partial charge in [-0.2, -0.15) is 13.2 Å². The minimum Gasteiger partial charge on any atom is -0.381 e. The second-order valence-electron chi connectivity index (χ2n) is 11.4. The molecule has 1 fully saturated rings. The van der Waals surface area contributed by atoms with E-state index in [0.717, 1.165) is 58.4 Å². The normalized spacial score (nSPS) is 14.8. The van der Waals surface area contributed by atoms with Crippen molar-refractivity contribution in [2.24, 2.45) is 0 Å². The standard InChI is InChI=1S/C33H39F3N6OS/c1-5-41-12-14-42(15-13-41)20-24-8-7-23(16-28(24)33(34,35)36)32(43)40-26-9-6-22(4)29(17-26)38-18-25-19-39-31-27(10-11-37-31)30(25)44-21(2)3/h6-11,16-17,19,21,38H,5,12-15,18,20H2,1-4H3,(H,37,39)(H,40,43). The summed E-state index contributed by atoms with van der Waals surface area (Å²) in [6.07, 6.45) is -0.817. The number of H-pyrrole nitrogens is 1. The maximum absolute atomic E-state index is 14.1. The Morgan fingerprint density at radius 3 is 2.50 bits per heavy atom. The monoisotopic (exact) mass is 624 g/mol. The van der Waals surface area contributed by atoms with Crippen molar-refractivity contribution in [1.29, 1.82) is 0 Å². The van der Waals surface area contributed by atoms with Crippen LogP contribution in [0.4, 0.5) is 24.5 Å². The van der Waals surface area contributed by atoms with Gasteiger partial charge in [0.1, 0.15) is 5.65 Å². The van der Waals surface area contributed by atoms with E-state index in [1.165, 1.54) is 12.1 Å². The second kappa shape index (κ2) is 13.6. The topological polar surface area (TPSA) is 76.3 Å². The summed E-state index contributed by atoms with van der Waals surface area (Å²) < 4.78 is 42.3. The molecule has 7 nitrogen and oxygen atoms in total. The molecule has 1 aliphatic heterocycles. The van der Waals surface area contributed by atoms with E-state index >= 15 is 0 Å². The predicted molar refractivity (Wildman–Crippen MR) is 172 cm³/mol. The van der Waals surface area contributed by atoms with Crippen LogP contribution in [0.1, 0.15) is 53.4 Å². The number of carbonyl (C=O) groups excluding carboxylic acids is 1. The zero-order valence-corrected chi connectivity index (χ0v) is 26.3. The number of aromatic nitrogens is 2. The molecule has 0 bridgehead atoms. The molecule has 3 heterocycles. The number of halogens is 3. The van der Waals surface area contributed by atoms with Crippen LogP contribution in [0.5, 0.6) is 0 Å². The van der Waals surface area contributed by atoms with Crippen molar-refractivity contribution < 1.29 is 18.0 Å². The summed E-state index contributed by atoms with van der Waals surface area (Å²) in [4.78, 5) is 26.4. The van der Waals surface area contributed by atoms with Crippen LogP contribution in [0.25, 0.3) is 11.0 Å². The van der Waals surface area contributed by atoms with Crippen molar-refractivity contribution in [3.05, 3.63) is 82.7 Å². The molecule has 234 valence electrons. The van der Waals surface area contributed by atoms with Gasteiger partial charge in [0, 0.05) is 89.7 Å². The average molecular weight is 625 g/mol. The molecule has 5 rings (SSSR count). The van der Waals surface area contributed by atoms with E-state index in [2.05, 4.69) is 46.3 Å². The minimum absolute atomic E-state index is 0.0341. The lowest BCUT2D eigenvalue weighted by Gasteiger charge is -2.34. The van der Waals surface area contributed by atoms with Gasteiger partial charge in [0.25, 0.3) is 5.91 Å². The third kappa shape index (κ3) is 7.57. The molecule has 3 N–H and O–H groups in total. The molecule has 0 saturated carbocycles. The molecule has 0 atom stereocenters. The Kier molecular flexibility index (Phi) is 9.87. The first-order valence-electron chi connectivity index (χ1n) is 14.9. The molecule has 11 heteroatoms. The minimum atomic E-state index is -4.57. The molecule has 0 radical (unpaired) electrons. The van der Waals surface area contributed by atoms with E-state index in [9.17, 15) is 18.0 Å². The summed E-state index contributed by atoms with van der Waals surface area (Å²) in [7, 11) is 0. The highest BCUT2D eigenvalue weighted by Gasteiger charge is 2.34. The fourth-order valence-corrected chi connectivity index (χ4v) is 6.47. The summed E-state index contributed by atoms with van der Waals surface area (Å²) in [6.45, 7) is 13.1. The van der Waals surface area contributed by atoms with E-state index in [4.69, 9.17) is 0 Å². The van der Waals surface area contributed by atoms with Crippen LogP contribution in [0.2, 0.25) is 0 Å². The number of fused-ring (bicyclic) bond motifs is 1. The van der Waals surface area contributed by atoms with Gasteiger partial charge in [-0.25, -0.2) is 4.98 Å². The van der Waals surface area contributed by atoms with Crippen molar-refractivity contribution in [2.45, 2.75) is 57.1 Å². The number of benzene rings is 2. The molecule has 1 aliphatic rings. The Hall–Kier alpha value is -3.54. The van der Waals surface area contributed by atoms with Gasteiger partial charge in [0.2, 0.25) is 0 Å². The molecule has 0 aliphatic carbocycles. The molecular formula is C33H39F3N6OS. The number of anilines is 2. The molecule has 2 aromatic carbocycles. The van der Waals surface area contributed by atoms with Crippen molar-refractivity contribution in [2.75, 3.05) is 43.4 Å². The van der Waals surface area contributed by atoms with Crippen molar-refractivity contribution in [3.8, 4) is 0 Å². The van der Waals surface area contributed by atoms with Gasteiger partial charge >= 0.3 is 6.18 Å². The number of likely N-dealkylation sites (N-methyl/N-ethyl adjacent to an activating group) is 1. The highest BCUT2D eigenvalue weighted by atomic mass is 32.2. The summed E-state index contributed by atoms with van der Waals surface area (Å²) >= 11 is 1.78. The second-order valence-corrected chi connectivity index (χ2v) is 13.0. The first-order chi connectivity index (χ1) is 21.0. The van der Waals surface area contributed by atoms with Gasteiger partial charge in [-0.3, -0.25) is 9.69 Å². The lowest BCUT2D eigenvalue weighted by Crippen LogP contribution is -2.45. The smallest absolute Gasteiger partial charge is 0.381 e. The Morgan fingerprint density at radius 1 is 1.05 bits per heavy atom. The molecular weight excluding hydrogens is 585 g/mol. The van der Waals surface area contributed by atoms with E-state index in [1.54, 1.807) is 23.9 Å². The number of aryl methyl sites for hydroxylation is 1. The number of nitrogens with zero attached hydrogens (tertiary/aromatic N) is 3. The lowest BCUT2D eigenvalue weighted by atomic mass is 10.0.